The number of hydrogen-bond donors (Lipinski definition) is 2. The van der Waals surface area contributed by atoms with Gasteiger partial charge in [-0.25, -0.2) is 4.79 Å². The highest BCUT2D eigenvalue weighted by molar-refractivity contribution is 9.10. The number of nitrogens with zero attached hydrogens (tertiary/aromatic N) is 1. The molecule has 0 unspecified atom stereocenters. The number of urea groups is 1. The Kier molecular flexibility index (Phi) is 5.69. The van der Waals surface area contributed by atoms with Gasteiger partial charge in [-0.2, -0.15) is 5.01 Å². The summed E-state index contributed by atoms with van der Waals surface area (Å²) in [7, 11) is 0. The van der Waals surface area contributed by atoms with Crippen LogP contribution in [0, 0.1) is 6.92 Å². The largest absolute Gasteiger partial charge is 0.483 e. The zero-order valence-electron chi connectivity index (χ0n) is 15.5. The van der Waals surface area contributed by atoms with Crippen LogP contribution in [0.1, 0.15) is 24.5 Å². The maximum absolute atomic E-state index is 13.0. The van der Waals surface area contributed by atoms with Gasteiger partial charge in [-0.15, -0.1) is 0 Å². The lowest BCUT2D eigenvalue weighted by Crippen LogP contribution is -2.49. The first-order valence-electron chi connectivity index (χ1n) is 8.78. The Hall–Kier alpha value is -2.87. The average Bonchev–Trinajstić information content (AvgIpc) is 2.93. The molecule has 0 aliphatic carbocycles. The van der Waals surface area contributed by atoms with Gasteiger partial charge < -0.3 is 10.1 Å². The molecule has 8 heteroatoms. The summed E-state index contributed by atoms with van der Waals surface area (Å²) in [5, 5.41) is 3.42. The van der Waals surface area contributed by atoms with E-state index >= 15 is 0 Å². The molecule has 0 spiro atoms. The van der Waals surface area contributed by atoms with Gasteiger partial charge in [0.2, 0.25) is 0 Å². The summed E-state index contributed by atoms with van der Waals surface area (Å²) in [6.45, 7) is 3.39. The molecule has 0 radical (unpaired) electrons. The van der Waals surface area contributed by atoms with Crippen molar-refractivity contribution in [3.05, 3.63) is 64.1 Å². The quantitative estimate of drug-likeness (QED) is 0.668. The number of ether oxygens (including phenoxy) is 1. The Bertz CT molecular complexity index is 919. The molecule has 146 valence electrons. The van der Waals surface area contributed by atoms with Gasteiger partial charge in [0.25, 0.3) is 11.8 Å². The third kappa shape index (κ3) is 3.73. The number of nitrogens with one attached hydrogen (secondary N) is 2. The standard InChI is InChI=1S/C20H20BrN3O4/c1-3-20(14-7-5-4-6-8-14)18(26)24(19(27)22-20)23-17(25)12-28-16-10-9-13(2)11-15(16)21/h4-11H,3,12H2,1-2H3,(H,22,27)(H,23,25)/t20-/m1/s1. The lowest BCUT2D eigenvalue weighted by atomic mass is 9.87. The van der Waals surface area contributed by atoms with Crippen molar-refractivity contribution < 1.29 is 19.1 Å². The molecule has 1 saturated heterocycles. The number of halogens is 1. The van der Waals surface area contributed by atoms with Crippen LogP contribution in [0.3, 0.4) is 0 Å². The van der Waals surface area contributed by atoms with Crippen LogP contribution < -0.4 is 15.5 Å². The molecule has 2 aromatic rings. The van der Waals surface area contributed by atoms with Crippen LogP contribution in [0.4, 0.5) is 4.79 Å². The smallest absolute Gasteiger partial charge is 0.344 e. The normalized spacial score (nSPS) is 18.8. The molecule has 0 saturated carbocycles. The fourth-order valence-electron chi connectivity index (χ4n) is 3.06. The summed E-state index contributed by atoms with van der Waals surface area (Å²) in [4.78, 5) is 37.6. The first kappa shape index (κ1) is 19.9. The van der Waals surface area contributed by atoms with E-state index < -0.39 is 23.4 Å². The van der Waals surface area contributed by atoms with E-state index in [1.165, 1.54) is 0 Å². The van der Waals surface area contributed by atoms with Crippen LogP contribution in [0.2, 0.25) is 0 Å². The topological polar surface area (TPSA) is 87.7 Å². The zero-order valence-corrected chi connectivity index (χ0v) is 17.1. The second kappa shape index (κ2) is 8.02. The molecule has 1 aliphatic rings. The second-order valence-corrected chi connectivity index (χ2v) is 7.31. The highest BCUT2D eigenvalue weighted by Gasteiger charge is 2.52. The average molecular weight is 446 g/mol. The van der Waals surface area contributed by atoms with Gasteiger partial charge in [0, 0.05) is 0 Å². The predicted octanol–water partition coefficient (Wildman–Crippen LogP) is 3.02. The summed E-state index contributed by atoms with van der Waals surface area (Å²) >= 11 is 3.37. The van der Waals surface area contributed by atoms with Crippen LogP contribution in [-0.4, -0.2) is 29.5 Å². The van der Waals surface area contributed by atoms with E-state index in [2.05, 4.69) is 26.7 Å². The summed E-state index contributed by atoms with van der Waals surface area (Å²) in [6.07, 6.45) is 0.348. The molecule has 1 aliphatic heterocycles. The van der Waals surface area contributed by atoms with E-state index in [0.717, 1.165) is 5.56 Å². The molecular formula is C20H20BrN3O4. The van der Waals surface area contributed by atoms with Crippen molar-refractivity contribution in [3.8, 4) is 5.75 Å². The van der Waals surface area contributed by atoms with E-state index in [-0.39, 0.29) is 6.61 Å². The molecule has 7 nitrogen and oxygen atoms in total. The molecule has 4 amide bonds. The third-order valence-electron chi connectivity index (χ3n) is 4.57. The summed E-state index contributed by atoms with van der Waals surface area (Å²) in [5.74, 6) is -0.655. The van der Waals surface area contributed by atoms with Crippen molar-refractivity contribution in [1.29, 1.82) is 0 Å². The lowest BCUT2D eigenvalue weighted by molar-refractivity contribution is -0.140. The van der Waals surface area contributed by atoms with E-state index in [9.17, 15) is 14.4 Å². The minimum atomic E-state index is -1.20. The number of benzene rings is 2. The maximum atomic E-state index is 13.0. The molecule has 0 aromatic heterocycles. The summed E-state index contributed by atoms with van der Waals surface area (Å²) in [6, 6.07) is 13.7. The molecule has 1 atom stereocenters. The van der Waals surface area contributed by atoms with E-state index in [0.29, 0.717) is 27.2 Å². The number of carbonyl (C=O) groups is 3. The Labute approximate surface area is 171 Å². The van der Waals surface area contributed by atoms with Crippen LogP contribution in [0.5, 0.6) is 5.75 Å². The molecule has 0 bridgehead atoms. The number of rotatable bonds is 6. The van der Waals surface area contributed by atoms with Crippen LogP contribution >= 0.6 is 15.9 Å². The molecule has 1 fully saturated rings. The zero-order chi connectivity index (χ0) is 20.3. The van der Waals surface area contributed by atoms with Crippen LogP contribution in [0.15, 0.2) is 53.0 Å². The summed E-state index contributed by atoms with van der Waals surface area (Å²) in [5.41, 5.74) is 2.83. The van der Waals surface area contributed by atoms with Gasteiger partial charge in [-0.05, 0) is 52.5 Å². The maximum Gasteiger partial charge on any atom is 0.344 e. The number of carbonyl (C=O) groups excluding carboxylic acids is 3. The Balaban J connectivity index is 1.69. The number of amides is 4. The minimum absolute atomic E-state index is 0.344. The van der Waals surface area contributed by atoms with Gasteiger partial charge >= 0.3 is 6.03 Å². The lowest BCUT2D eigenvalue weighted by Gasteiger charge is -2.25. The number of hydrogen-bond acceptors (Lipinski definition) is 4. The first-order valence-corrected chi connectivity index (χ1v) is 9.57. The molecule has 28 heavy (non-hydrogen) atoms. The number of imide groups is 1. The van der Waals surface area contributed by atoms with Crippen molar-refractivity contribution in [2.45, 2.75) is 25.8 Å². The minimum Gasteiger partial charge on any atom is -0.483 e. The monoisotopic (exact) mass is 445 g/mol. The Morgan fingerprint density at radius 2 is 1.93 bits per heavy atom. The second-order valence-electron chi connectivity index (χ2n) is 6.45. The van der Waals surface area contributed by atoms with Crippen LogP contribution in [-0.2, 0) is 15.1 Å². The Morgan fingerprint density at radius 1 is 1.21 bits per heavy atom. The summed E-state index contributed by atoms with van der Waals surface area (Å²) < 4.78 is 6.18. The third-order valence-corrected chi connectivity index (χ3v) is 5.19. The predicted molar refractivity (Wildman–Crippen MR) is 106 cm³/mol. The molecular weight excluding hydrogens is 426 g/mol. The molecule has 2 N–H and O–H groups in total. The fourth-order valence-corrected chi connectivity index (χ4v) is 3.67. The highest BCUT2D eigenvalue weighted by atomic mass is 79.9. The van der Waals surface area contributed by atoms with Gasteiger partial charge in [-0.3, -0.25) is 15.0 Å². The van der Waals surface area contributed by atoms with Crippen LogP contribution in [0.25, 0.3) is 0 Å². The first-order chi connectivity index (χ1) is 13.4. The van der Waals surface area contributed by atoms with Crippen molar-refractivity contribution in [1.82, 2.24) is 15.8 Å². The molecule has 3 rings (SSSR count). The number of aryl methyl sites for hydroxylation is 1. The van der Waals surface area contributed by atoms with Gasteiger partial charge in [-0.1, -0.05) is 43.3 Å². The van der Waals surface area contributed by atoms with Crippen molar-refractivity contribution in [2.24, 2.45) is 0 Å². The SMILES string of the molecule is CC[C@]1(c2ccccc2)NC(=O)N(NC(=O)COc2ccc(C)cc2Br)C1=O. The van der Waals surface area contributed by atoms with Gasteiger partial charge in [0.15, 0.2) is 6.61 Å². The van der Waals surface area contributed by atoms with Crippen molar-refractivity contribution in [3.63, 3.8) is 0 Å². The fraction of sp³-hybridized carbons (Fsp3) is 0.250. The van der Waals surface area contributed by atoms with Gasteiger partial charge in [0.05, 0.1) is 4.47 Å². The number of hydrazine groups is 1. The van der Waals surface area contributed by atoms with Gasteiger partial charge in [0.1, 0.15) is 11.3 Å². The molecule has 1 heterocycles. The highest BCUT2D eigenvalue weighted by Crippen LogP contribution is 2.31. The van der Waals surface area contributed by atoms with E-state index in [1.54, 1.807) is 37.3 Å². The Morgan fingerprint density at radius 3 is 2.57 bits per heavy atom. The van der Waals surface area contributed by atoms with Crippen molar-refractivity contribution in [2.75, 3.05) is 6.61 Å². The van der Waals surface area contributed by atoms with E-state index in [1.807, 2.05) is 25.1 Å². The van der Waals surface area contributed by atoms with Crippen molar-refractivity contribution >= 4 is 33.8 Å². The van der Waals surface area contributed by atoms with E-state index in [4.69, 9.17) is 4.74 Å². The molecule has 2 aromatic carbocycles.